The maximum atomic E-state index is 11.7. The Morgan fingerprint density at radius 2 is 2.00 bits per heavy atom. The lowest BCUT2D eigenvalue weighted by Crippen LogP contribution is -2.22. The molecule has 2 rings (SSSR count). The van der Waals surface area contributed by atoms with Crippen LogP contribution in [0.3, 0.4) is 0 Å². The average molecular weight is 349 g/mol. The Morgan fingerprint density at radius 1 is 1.25 bits per heavy atom. The Labute approximate surface area is 144 Å². The van der Waals surface area contributed by atoms with E-state index in [-0.39, 0.29) is 13.0 Å². The minimum atomic E-state index is -0.490. The molecule has 0 bridgehead atoms. The van der Waals surface area contributed by atoms with Crippen LogP contribution in [0.25, 0.3) is 0 Å². The molecule has 0 unspecified atom stereocenters. The number of hydrogen-bond donors (Lipinski definition) is 2. The molecule has 1 aromatic heterocycles. The molecule has 0 fully saturated rings. The van der Waals surface area contributed by atoms with E-state index in [0.29, 0.717) is 23.2 Å². The standard InChI is InChI=1S/C16H17ClN4O3/c1-11-3-4-12(9-13(11)17)21-14(22)10-24-15(23)5-8-20-16-18-6-2-7-19-16/h2-4,6-7,9H,5,8,10H2,1H3,(H,21,22)(H,18,19,20). The molecule has 2 aromatic rings. The van der Waals surface area contributed by atoms with Crippen LogP contribution in [0.15, 0.2) is 36.7 Å². The van der Waals surface area contributed by atoms with E-state index in [2.05, 4.69) is 20.6 Å². The highest BCUT2D eigenvalue weighted by molar-refractivity contribution is 6.31. The summed E-state index contributed by atoms with van der Waals surface area (Å²) in [6.07, 6.45) is 3.28. The van der Waals surface area contributed by atoms with E-state index in [0.717, 1.165) is 5.56 Å². The van der Waals surface area contributed by atoms with Crippen LogP contribution in [0, 0.1) is 6.92 Å². The van der Waals surface area contributed by atoms with Gasteiger partial charge in [-0.2, -0.15) is 0 Å². The summed E-state index contributed by atoms with van der Waals surface area (Å²) in [5, 5.41) is 6.04. The summed E-state index contributed by atoms with van der Waals surface area (Å²) in [5.74, 6) is -0.488. The zero-order chi connectivity index (χ0) is 17.4. The number of halogens is 1. The minimum Gasteiger partial charge on any atom is -0.456 e. The molecule has 0 atom stereocenters. The fraction of sp³-hybridized carbons (Fsp3) is 0.250. The lowest BCUT2D eigenvalue weighted by Gasteiger charge is -2.08. The van der Waals surface area contributed by atoms with Gasteiger partial charge in [-0.05, 0) is 30.7 Å². The summed E-state index contributed by atoms with van der Waals surface area (Å²) in [4.78, 5) is 31.2. The number of nitrogens with zero attached hydrogens (tertiary/aromatic N) is 2. The monoisotopic (exact) mass is 348 g/mol. The zero-order valence-electron chi connectivity index (χ0n) is 13.1. The van der Waals surface area contributed by atoms with Gasteiger partial charge < -0.3 is 15.4 Å². The second-order valence-electron chi connectivity index (χ2n) is 4.92. The van der Waals surface area contributed by atoms with Gasteiger partial charge in [-0.3, -0.25) is 9.59 Å². The third-order valence-corrected chi connectivity index (χ3v) is 3.41. The van der Waals surface area contributed by atoms with Crippen LogP contribution < -0.4 is 10.6 Å². The van der Waals surface area contributed by atoms with Crippen molar-refractivity contribution in [2.75, 3.05) is 23.8 Å². The van der Waals surface area contributed by atoms with Gasteiger partial charge in [-0.15, -0.1) is 0 Å². The van der Waals surface area contributed by atoms with Gasteiger partial charge >= 0.3 is 5.97 Å². The van der Waals surface area contributed by atoms with Gasteiger partial charge in [0.2, 0.25) is 5.95 Å². The van der Waals surface area contributed by atoms with Gasteiger partial charge in [0.05, 0.1) is 6.42 Å². The summed E-state index contributed by atoms with van der Waals surface area (Å²) in [7, 11) is 0. The Bertz CT molecular complexity index is 710. The molecule has 0 spiro atoms. The zero-order valence-corrected chi connectivity index (χ0v) is 13.8. The first-order valence-corrected chi connectivity index (χ1v) is 7.65. The van der Waals surface area contributed by atoms with Crippen molar-refractivity contribution in [2.45, 2.75) is 13.3 Å². The lowest BCUT2D eigenvalue weighted by molar-refractivity contribution is -0.147. The van der Waals surface area contributed by atoms with Gasteiger partial charge in [-0.25, -0.2) is 9.97 Å². The van der Waals surface area contributed by atoms with E-state index in [9.17, 15) is 9.59 Å². The van der Waals surface area contributed by atoms with Crippen LogP contribution in [0.2, 0.25) is 5.02 Å². The maximum Gasteiger partial charge on any atom is 0.308 e. The maximum absolute atomic E-state index is 11.7. The predicted octanol–water partition coefficient (Wildman–Crippen LogP) is 2.42. The molecule has 0 aliphatic heterocycles. The highest BCUT2D eigenvalue weighted by Crippen LogP contribution is 2.19. The number of hydrogen-bond acceptors (Lipinski definition) is 6. The number of carbonyl (C=O) groups is 2. The summed E-state index contributed by atoms with van der Waals surface area (Å²) < 4.78 is 4.90. The summed E-state index contributed by atoms with van der Waals surface area (Å²) in [6.45, 7) is 1.83. The van der Waals surface area contributed by atoms with Crippen LogP contribution in [-0.2, 0) is 14.3 Å². The van der Waals surface area contributed by atoms with Crippen LogP contribution in [0.1, 0.15) is 12.0 Å². The highest BCUT2D eigenvalue weighted by Gasteiger charge is 2.08. The summed E-state index contributed by atoms with van der Waals surface area (Å²) in [6, 6.07) is 6.85. The van der Waals surface area contributed by atoms with E-state index in [1.807, 2.05) is 6.92 Å². The number of aryl methyl sites for hydroxylation is 1. The van der Waals surface area contributed by atoms with Crippen molar-refractivity contribution in [1.82, 2.24) is 9.97 Å². The summed E-state index contributed by atoms with van der Waals surface area (Å²) >= 11 is 5.98. The first kappa shape index (κ1) is 17.7. The number of carbonyl (C=O) groups excluding carboxylic acids is 2. The Kier molecular flexibility index (Phi) is 6.51. The number of ether oxygens (including phenoxy) is 1. The van der Waals surface area contributed by atoms with Gasteiger partial charge in [0.1, 0.15) is 0 Å². The molecule has 1 heterocycles. The number of rotatable bonds is 7. The van der Waals surface area contributed by atoms with E-state index < -0.39 is 11.9 Å². The SMILES string of the molecule is Cc1ccc(NC(=O)COC(=O)CCNc2ncccn2)cc1Cl. The van der Waals surface area contributed by atoms with Gasteiger partial charge in [0.15, 0.2) is 6.61 Å². The molecule has 0 aliphatic carbocycles. The molecule has 8 heteroatoms. The Balaban J connectivity index is 1.67. The van der Waals surface area contributed by atoms with Crippen LogP contribution in [0.4, 0.5) is 11.6 Å². The Morgan fingerprint density at radius 3 is 2.71 bits per heavy atom. The first-order chi connectivity index (χ1) is 11.5. The predicted molar refractivity (Wildman–Crippen MR) is 90.9 cm³/mol. The van der Waals surface area contributed by atoms with Crippen LogP contribution in [-0.4, -0.2) is 35.0 Å². The average Bonchev–Trinajstić information content (AvgIpc) is 2.57. The van der Waals surface area contributed by atoms with Gasteiger partial charge in [-0.1, -0.05) is 17.7 Å². The molecule has 2 N–H and O–H groups in total. The quantitative estimate of drug-likeness (QED) is 0.746. The number of aromatic nitrogens is 2. The molecule has 126 valence electrons. The van der Waals surface area contributed by atoms with Gasteiger partial charge in [0.25, 0.3) is 5.91 Å². The molecule has 24 heavy (non-hydrogen) atoms. The number of amides is 1. The van der Waals surface area contributed by atoms with Crippen molar-refractivity contribution < 1.29 is 14.3 Å². The fourth-order valence-electron chi connectivity index (χ4n) is 1.75. The number of esters is 1. The van der Waals surface area contributed by atoms with E-state index in [1.54, 1.807) is 36.7 Å². The van der Waals surface area contributed by atoms with Crippen LogP contribution >= 0.6 is 11.6 Å². The number of nitrogens with one attached hydrogen (secondary N) is 2. The Hall–Kier alpha value is -2.67. The number of anilines is 2. The minimum absolute atomic E-state index is 0.0991. The molecular formula is C16H17ClN4O3. The summed E-state index contributed by atoms with van der Waals surface area (Å²) in [5.41, 5.74) is 1.46. The molecule has 1 amide bonds. The van der Waals surface area contributed by atoms with E-state index in [1.165, 1.54) is 0 Å². The second-order valence-corrected chi connectivity index (χ2v) is 5.33. The highest BCUT2D eigenvalue weighted by atomic mass is 35.5. The fourth-order valence-corrected chi connectivity index (χ4v) is 1.93. The molecule has 0 saturated carbocycles. The lowest BCUT2D eigenvalue weighted by atomic mass is 10.2. The van der Waals surface area contributed by atoms with Crippen molar-refractivity contribution in [3.63, 3.8) is 0 Å². The number of benzene rings is 1. The van der Waals surface area contributed by atoms with Gasteiger partial charge in [0, 0.05) is 29.6 Å². The first-order valence-electron chi connectivity index (χ1n) is 7.27. The smallest absolute Gasteiger partial charge is 0.308 e. The molecular weight excluding hydrogens is 332 g/mol. The van der Waals surface area contributed by atoms with Crippen LogP contribution in [0.5, 0.6) is 0 Å². The third-order valence-electron chi connectivity index (χ3n) is 3.00. The van der Waals surface area contributed by atoms with Crippen molar-refractivity contribution in [3.05, 3.63) is 47.2 Å². The third kappa shape index (κ3) is 5.85. The molecule has 1 aromatic carbocycles. The van der Waals surface area contributed by atoms with Crippen molar-refractivity contribution in [3.8, 4) is 0 Å². The molecule has 7 nitrogen and oxygen atoms in total. The molecule has 0 radical (unpaired) electrons. The topological polar surface area (TPSA) is 93.2 Å². The van der Waals surface area contributed by atoms with Crippen molar-refractivity contribution >= 4 is 35.1 Å². The van der Waals surface area contributed by atoms with E-state index >= 15 is 0 Å². The van der Waals surface area contributed by atoms with Crippen molar-refractivity contribution in [2.24, 2.45) is 0 Å². The normalized spacial score (nSPS) is 10.1. The van der Waals surface area contributed by atoms with E-state index in [4.69, 9.17) is 16.3 Å². The molecule has 0 saturated heterocycles. The second kappa shape index (κ2) is 8.83. The van der Waals surface area contributed by atoms with Crippen molar-refractivity contribution in [1.29, 1.82) is 0 Å². The largest absolute Gasteiger partial charge is 0.456 e. The molecule has 0 aliphatic rings.